The van der Waals surface area contributed by atoms with Crippen molar-refractivity contribution in [2.75, 3.05) is 0 Å². The molecule has 0 spiro atoms. The van der Waals surface area contributed by atoms with Crippen molar-refractivity contribution in [3.8, 4) is 0 Å². The minimum absolute atomic E-state index is 0.0663. The molecule has 0 saturated carbocycles. The first-order valence-corrected chi connectivity index (χ1v) is 3.91. The number of alkyl halides is 1. The normalized spacial score (nSPS) is 14.9. The molecule has 0 aromatic carbocycles. The zero-order valence-corrected chi connectivity index (χ0v) is 7.83. The smallest absolute Gasteiger partial charge is 0.147 e. The molecule has 2 heteroatoms. The zero-order chi connectivity index (χ0) is 8.36. The predicted molar refractivity (Wildman–Crippen MR) is 44.4 cm³/mol. The fourth-order valence-corrected chi connectivity index (χ4v) is 1.14. The van der Waals surface area contributed by atoms with Crippen molar-refractivity contribution in [3.05, 3.63) is 0 Å². The van der Waals surface area contributed by atoms with Gasteiger partial charge in [-0.25, -0.2) is 0 Å². The Bertz CT molecular complexity index is 124. The summed E-state index contributed by atoms with van der Waals surface area (Å²) in [4.78, 5) is 10.7. The van der Waals surface area contributed by atoms with Gasteiger partial charge in [0.2, 0.25) is 0 Å². The number of halogens is 1. The van der Waals surface area contributed by atoms with E-state index >= 15 is 0 Å². The van der Waals surface area contributed by atoms with E-state index in [4.69, 9.17) is 11.6 Å². The highest BCUT2D eigenvalue weighted by Gasteiger charge is 2.19. The van der Waals surface area contributed by atoms with Crippen LogP contribution in [-0.2, 0) is 4.79 Å². The number of hydrogen-bond donors (Lipinski definition) is 0. The van der Waals surface area contributed by atoms with Crippen LogP contribution in [0.4, 0.5) is 0 Å². The molecule has 1 nitrogen and oxygen atoms in total. The Morgan fingerprint density at radius 2 is 1.90 bits per heavy atom. The van der Waals surface area contributed by atoms with Crippen LogP contribution in [0.3, 0.4) is 0 Å². The van der Waals surface area contributed by atoms with Gasteiger partial charge in [-0.05, 0) is 18.8 Å². The van der Waals surface area contributed by atoms with Gasteiger partial charge in [0.15, 0.2) is 0 Å². The Balaban J connectivity index is 3.80. The summed E-state index contributed by atoms with van der Waals surface area (Å²) in [5.41, 5.74) is 0.151. The average molecular weight is 163 g/mol. The summed E-state index contributed by atoms with van der Waals surface area (Å²) in [6, 6.07) is 0. The van der Waals surface area contributed by atoms with Gasteiger partial charge in [0, 0.05) is 0 Å². The molecule has 0 fully saturated rings. The van der Waals surface area contributed by atoms with Gasteiger partial charge < -0.3 is 0 Å². The second kappa shape index (κ2) is 3.38. The standard InChI is InChI=1S/C8H15ClO/c1-6(10)7(9)5-8(2,3)4/h7H,5H2,1-4H3/t7-/m0/s1. The molecule has 0 bridgehead atoms. The summed E-state index contributed by atoms with van der Waals surface area (Å²) in [5, 5.41) is -0.306. The molecule has 0 aromatic rings. The van der Waals surface area contributed by atoms with Crippen LogP contribution in [0.15, 0.2) is 0 Å². The molecule has 1 atom stereocenters. The number of carbonyl (C=O) groups excluding carboxylic acids is 1. The first kappa shape index (κ1) is 9.96. The second-order valence-corrected chi connectivity index (χ2v) is 4.37. The van der Waals surface area contributed by atoms with Gasteiger partial charge >= 0.3 is 0 Å². The Morgan fingerprint density at radius 3 is 2.00 bits per heavy atom. The summed E-state index contributed by atoms with van der Waals surface area (Å²) in [6.45, 7) is 7.76. The van der Waals surface area contributed by atoms with Gasteiger partial charge in [-0.2, -0.15) is 0 Å². The van der Waals surface area contributed by atoms with Crippen molar-refractivity contribution in [2.24, 2.45) is 5.41 Å². The van der Waals surface area contributed by atoms with Crippen molar-refractivity contribution >= 4 is 17.4 Å². The summed E-state index contributed by atoms with van der Waals surface area (Å²) in [7, 11) is 0. The van der Waals surface area contributed by atoms with Gasteiger partial charge in [0.05, 0.1) is 5.38 Å². The number of ketones is 1. The highest BCUT2D eigenvalue weighted by atomic mass is 35.5. The number of rotatable bonds is 2. The van der Waals surface area contributed by atoms with Crippen molar-refractivity contribution in [1.82, 2.24) is 0 Å². The molecular weight excluding hydrogens is 148 g/mol. The molecule has 0 heterocycles. The highest BCUT2D eigenvalue weighted by Crippen LogP contribution is 2.23. The van der Waals surface area contributed by atoms with Gasteiger partial charge in [-0.3, -0.25) is 4.79 Å². The largest absolute Gasteiger partial charge is 0.298 e. The maximum Gasteiger partial charge on any atom is 0.147 e. The molecular formula is C8H15ClO. The first-order chi connectivity index (χ1) is 4.33. The van der Waals surface area contributed by atoms with E-state index in [1.165, 1.54) is 6.92 Å². The summed E-state index contributed by atoms with van der Waals surface area (Å²) < 4.78 is 0. The van der Waals surface area contributed by atoms with Crippen LogP contribution in [0.5, 0.6) is 0 Å². The molecule has 0 amide bonds. The Hall–Kier alpha value is -0.0400. The van der Waals surface area contributed by atoms with Crippen LogP contribution in [0.2, 0.25) is 0 Å². The number of hydrogen-bond acceptors (Lipinski definition) is 1. The van der Waals surface area contributed by atoms with E-state index < -0.39 is 0 Å². The first-order valence-electron chi connectivity index (χ1n) is 3.47. The third-order valence-electron chi connectivity index (χ3n) is 1.23. The molecule has 0 rings (SSSR count). The van der Waals surface area contributed by atoms with E-state index in [1.807, 2.05) is 0 Å². The van der Waals surface area contributed by atoms with E-state index in [9.17, 15) is 4.79 Å². The van der Waals surface area contributed by atoms with Crippen molar-refractivity contribution in [1.29, 1.82) is 0 Å². The average Bonchev–Trinajstić information content (AvgIpc) is 1.60. The molecule has 0 aromatic heterocycles. The summed E-state index contributed by atoms with van der Waals surface area (Å²) in [5.74, 6) is 0.0663. The van der Waals surface area contributed by atoms with E-state index in [2.05, 4.69) is 20.8 Å². The fourth-order valence-electron chi connectivity index (χ4n) is 0.681. The molecule has 0 aliphatic rings. The molecule has 0 aliphatic carbocycles. The molecule has 10 heavy (non-hydrogen) atoms. The lowest BCUT2D eigenvalue weighted by Gasteiger charge is -2.19. The van der Waals surface area contributed by atoms with Crippen LogP contribution in [-0.4, -0.2) is 11.2 Å². The SMILES string of the molecule is CC(=O)[C@@H](Cl)CC(C)(C)C. The van der Waals surface area contributed by atoms with Crippen molar-refractivity contribution in [3.63, 3.8) is 0 Å². The lowest BCUT2D eigenvalue weighted by molar-refractivity contribution is -0.117. The molecule has 0 unspecified atom stereocenters. The van der Waals surface area contributed by atoms with E-state index in [-0.39, 0.29) is 16.6 Å². The van der Waals surface area contributed by atoms with Crippen LogP contribution >= 0.6 is 11.6 Å². The fraction of sp³-hybridized carbons (Fsp3) is 0.875. The molecule has 0 N–H and O–H groups in total. The molecule has 0 aliphatic heterocycles. The lowest BCUT2D eigenvalue weighted by Crippen LogP contribution is -2.18. The highest BCUT2D eigenvalue weighted by molar-refractivity contribution is 6.30. The van der Waals surface area contributed by atoms with E-state index in [0.717, 1.165) is 6.42 Å². The van der Waals surface area contributed by atoms with E-state index in [1.54, 1.807) is 0 Å². The van der Waals surface area contributed by atoms with Crippen LogP contribution in [0.1, 0.15) is 34.1 Å². The zero-order valence-electron chi connectivity index (χ0n) is 7.07. The molecule has 60 valence electrons. The number of carbonyl (C=O) groups is 1. The van der Waals surface area contributed by atoms with Crippen molar-refractivity contribution < 1.29 is 4.79 Å². The van der Waals surface area contributed by atoms with Gasteiger partial charge in [0.25, 0.3) is 0 Å². The van der Waals surface area contributed by atoms with Crippen LogP contribution < -0.4 is 0 Å². The second-order valence-electron chi connectivity index (χ2n) is 3.84. The predicted octanol–water partition coefficient (Wildman–Crippen LogP) is 2.62. The van der Waals surface area contributed by atoms with Gasteiger partial charge in [-0.1, -0.05) is 20.8 Å². The molecule has 0 radical (unpaired) electrons. The Kier molecular flexibility index (Phi) is 3.37. The van der Waals surface area contributed by atoms with Crippen LogP contribution in [0.25, 0.3) is 0 Å². The summed E-state index contributed by atoms with van der Waals surface area (Å²) in [6.07, 6.45) is 0.754. The van der Waals surface area contributed by atoms with Gasteiger partial charge in [0.1, 0.15) is 5.78 Å². The van der Waals surface area contributed by atoms with E-state index in [0.29, 0.717) is 0 Å². The quantitative estimate of drug-likeness (QED) is 0.571. The minimum Gasteiger partial charge on any atom is -0.298 e. The summed E-state index contributed by atoms with van der Waals surface area (Å²) >= 11 is 5.75. The lowest BCUT2D eigenvalue weighted by atomic mass is 9.89. The maximum absolute atomic E-state index is 10.7. The number of Topliss-reactive ketones (excluding diaryl/α,β-unsaturated/α-hetero) is 1. The maximum atomic E-state index is 10.7. The Labute approximate surface area is 67.8 Å². The third kappa shape index (κ3) is 4.80. The molecule has 0 saturated heterocycles. The minimum atomic E-state index is -0.306. The topological polar surface area (TPSA) is 17.1 Å². The van der Waals surface area contributed by atoms with Crippen molar-refractivity contribution in [2.45, 2.75) is 39.5 Å². The van der Waals surface area contributed by atoms with Crippen LogP contribution in [0, 0.1) is 5.41 Å². The van der Waals surface area contributed by atoms with Gasteiger partial charge in [-0.15, -0.1) is 11.6 Å². The monoisotopic (exact) mass is 162 g/mol. The Morgan fingerprint density at radius 1 is 1.50 bits per heavy atom. The third-order valence-corrected chi connectivity index (χ3v) is 1.69.